The van der Waals surface area contributed by atoms with E-state index in [9.17, 15) is 10.2 Å². The Morgan fingerprint density at radius 2 is 1.86 bits per heavy atom. The first-order valence-corrected chi connectivity index (χ1v) is 10.4. The predicted molar refractivity (Wildman–Crippen MR) is 111 cm³/mol. The number of nitrogens with zero attached hydrogens (tertiary/aromatic N) is 1. The van der Waals surface area contributed by atoms with E-state index < -0.39 is 6.10 Å². The largest absolute Gasteiger partial charge is 0.496 e. The minimum Gasteiger partial charge on any atom is -0.496 e. The van der Waals surface area contributed by atoms with Crippen LogP contribution in [0.2, 0.25) is 0 Å². The summed E-state index contributed by atoms with van der Waals surface area (Å²) in [6.45, 7) is 2.68. The molecule has 0 aromatic heterocycles. The summed E-state index contributed by atoms with van der Waals surface area (Å²) >= 11 is 0. The Labute approximate surface area is 167 Å². The number of piperidine rings is 1. The van der Waals surface area contributed by atoms with Gasteiger partial charge in [-0.25, -0.2) is 0 Å². The molecular weight excluding hydrogens is 350 g/mol. The summed E-state index contributed by atoms with van der Waals surface area (Å²) in [6.07, 6.45) is 4.93. The third kappa shape index (κ3) is 3.69. The van der Waals surface area contributed by atoms with Crippen molar-refractivity contribution in [2.24, 2.45) is 0 Å². The Bertz CT molecular complexity index is 811. The van der Waals surface area contributed by atoms with Gasteiger partial charge in [-0.15, -0.1) is 0 Å². The lowest BCUT2D eigenvalue weighted by molar-refractivity contribution is 0.0810. The zero-order chi connectivity index (χ0) is 19.6. The highest BCUT2D eigenvalue weighted by atomic mass is 16.5. The lowest BCUT2D eigenvalue weighted by Crippen LogP contribution is -2.44. The molecule has 28 heavy (non-hydrogen) atoms. The van der Waals surface area contributed by atoms with Crippen LogP contribution in [-0.2, 0) is 24.9 Å². The molecule has 2 aromatic rings. The average molecular weight is 382 g/mol. The first-order chi connectivity index (χ1) is 13.6. The molecule has 1 aliphatic carbocycles. The molecule has 1 unspecified atom stereocenters. The molecule has 150 valence electrons. The van der Waals surface area contributed by atoms with E-state index in [1.165, 1.54) is 31.2 Å². The Balaban J connectivity index is 1.36. The number of likely N-dealkylation sites (tertiary alicyclic amines) is 1. The van der Waals surface area contributed by atoms with Gasteiger partial charge in [0.15, 0.2) is 0 Å². The van der Waals surface area contributed by atoms with Gasteiger partial charge < -0.3 is 19.8 Å². The SMILES string of the molecule is COc1cccc(CC(O)CN2CCC3(CCc4ccccc43)CC2)c1CO. The molecule has 4 heteroatoms. The molecule has 1 heterocycles. The number of aliphatic hydroxyl groups excluding tert-OH is 2. The summed E-state index contributed by atoms with van der Waals surface area (Å²) in [4.78, 5) is 2.40. The maximum absolute atomic E-state index is 10.7. The second-order valence-electron chi connectivity index (χ2n) is 8.35. The van der Waals surface area contributed by atoms with E-state index in [-0.39, 0.29) is 6.61 Å². The van der Waals surface area contributed by atoms with Crippen molar-refractivity contribution < 1.29 is 14.9 Å². The normalized spacial score (nSPS) is 19.5. The first-order valence-electron chi connectivity index (χ1n) is 10.4. The van der Waals surface area contributed by atoms with E-state index in [0.717, 1.165) is 24.2 Å². The second-order valence-corrected chi connectivity index (χ2v) is 8.35. The summed E-state index contributed by atoms with van der Waals surface area (Å²) in [5.74, 6) is 0.687. The molecule has 1 saturated heterocycles. The molecule has 2 N–H and O–H groups in total. The Morgan fingerprint density at radius 3 is 2.61 bits per heavy atom. The summed E-state index contributed by atoms with van der Waals surface area (Å²) in [5.41, 5.74) is 5.20. The van der Waals surface area contributed by atoms with Crippen LogP contribution in [0.1, 0.15) is 41.5 Å². The van der Waals surface area contributed by atoms with Crippen molar-refractivity contribution in [1.29, 1.82) is 0 Å². The molecule has 4 rings (SSSR count). The van der Waals surface area contributed by atoms with Crippen molar-refractivity contribution in [3.05, 3.63) is 64.7 Å². The van der Waals surface area contributed by atoms with Crippen molar-refractivity contribution in [1.82, 2.24) is 4.90 Å². The molecule has 1 atom stereocenters. The Kier molecular flexibility index (Phi) is 5.72. The molecule has 2 aliphatic rings. The van der Waals surface area contributed by atoms with Crippen LogP contribution < -0.4 is 4.74 Å². The van der Waals surface area contributed by atoms with Gasteiger partial charge in [-0.3, -0.25) is 0 Å². The van der Waals surface area contributed by atoms with Crippen LogP contribution in [0.15, 0.2) is 42.5 Å². The van der Waals surface area contributed by atoms with E-state index in [1.807, 2.05) is 18.2 Å². The fourth-order valence-electron chi connectivity index (χ4n) is 5.24. The molecule has 0 bridgehead atoms. The number of aliphatic hydroxyl groups is 2. The lowest BCUT2D eigenvalue weighted by atomic mass is 9.74. The Morgan fingerprint density at radius 1 is 1.07 bits per heavy atom. The molecule has 0 radical (unpaired) electrons. The van der Waals surface area contributed by atoms with E-state index >= 15 is 0 Å². The van der Waals surface area contributed by atoms with Crippen LogP contribution >= 0.6 is 0 Å². The standard InChI is InChI=1S/C24H31NO3/c1-28-23-8-4-6-19(21(23)17-26)15-20(27)16-25-13-11-24(12-14-25)10-9-18-5-2-3-7-22(18)24/h2-8,20,26-27H,9-17H2,1H3. The molecule has 4 nitrogen and oxygen atoms in total. The van der Waals surface area contributed by atoms with Gasteiger partial charge in [-0.1, -0.05) is 36.4 Å². The van der Waals surface area contributed by atoms with E-state index in [4.69, 9.17) is 4.74 Å². The van der Waals surface area contributed by atoms with Gasteiger partial charge in [0.2, 0.25) is 0 Å². The monoisotopic (exact) mass is 381 g/mol. The van der Waals surface area contributed by atoms with Crippen molar-refractivity contribution in [2.45, 2.75) is 50.2 Å². The number of methoxy groups -OCH3 is 1. The van der Waals surface area contributed by atoms with Crippen LogP contribution in [0.4, 0.5) is 0 Å². The van der Waals surface area contributed by atoms with Gasteiger partial charge in [0.1, 0.15) is 5.75 Å². The van der Waals surface area contributed by atoms with Gasteiger partial charge in [-0.05, 0) is 66.9 Å². The van der Waals surface area contributed by atoms with Gasteiger partial charge in [0, 0.05) is 18.5 Å². The molecule has 1 spiro atoms. The third-order valence-electron chi connectivity index (χ3n) is 6.81. The molecular formula is C24H31NO3. The zero-order valence-corrected chi connectivity index (χ0v) is 16.7. The average Bonchev–Trinajstić information content (AvgIpc) is 3.08. The third-order valence-corrected chi connectivity index (χ3v) is 6.81. The number of fused-ring (bicyclic) bond motifs is 2. The highest BCUT2D eigenvalue weighted by molar-refractivity contribution is 5.41. The van der Waals surface area contributed by atoms with Gasteiger partial charge >= 0.3 is 0 Å². The minimum absolute atomic E-state index is 0.0717. The van der Waals surface area contributed by atoms with Crippen molar-refractivity contribution in [2.75, 3.05) is 26.7 Å². The van der Waals surface area contributed by atoms with E-state index in [0.29, 0.717) is 24.1 Å². The van der Waals surface area contributed by atoms with Crippen LogP contribution in [0.5, 0.6) is 5.75 Å². The fourth-order valence-corrected chi connectivity index (χ4v) is 5.24. The molecule has 1 aliphatic heterocycles. The molecule has 2 aromatic carbocycles. The van der Waals surface area contributed by atoms with Crippen LogP contribution in [0, 0.1) is 0 Å². The quantitative estimate of drug-likeness (QED) is 0.808. The minimum atomic E-state index is -0.442. The summed E-state index contributed by atoms with van der Waals surface area (Å²) in [7, 11) is 1.61. The lowest BCUT2D eigenvalue weighted by Gasteiger charge is -2.40. The number of β-amino-alcohol motifs (C(OH)–C–C–N with tert-alkyl or cyclic N) is 1. The number of rotatable bonds is 6. The van der Waals surface area contributed by atoms with Crippen LogP contribution in [-0.4, -0.2) is 48.0 Å². The first kappa shape index (κ1) is 19.4. The topological polar surface area (TPSA) is 52.9 Å². The van der Waals surface area contributed by atoms with Gasteiger partial charge in [0.25, 0.3) is 0 Å². The number of hydrogen-bond donors (Lipinski definition) is 2. The summed E-state index contributed by atoms with van der Waals surface area (Å²) < 4.78 is 5.34. The smallest absolute Gasteiger partial charge is 0.124 e. The summed E-state index contributed by atoms with van der Waals surface area (Å²) in [5, 5.41) is 20.4. The van der Waals surface area contributed by atoms with Crippen molar-refractivity contribution in [3.63, 3.8) is 0 Å². The molecule has 0 saturated carbocycles. The van der Waals surface area contributed by atoms with E-state index in [2.05, 4.69) is 29.2 Å². The van der Waals surface area contributed by atoms with Gasteiger partial charge in [0.05, 0.1) is 19.8 Å². The number of benzene rings is 2. The summed E-state index contributed by atoms with van der Waals surface area (Å²) in [6, 6.07) is 14.7. The van der Waals surface area contributed by atoms with Gasteiger partial charge in [-0.2, -0.15) is 0 Å². The maximum Gasteiger partial charge on any atom is 0.124 e. The van der Waals surface area contributed by atoms with Crippen LogP contribution in [0.25, 0.3) is 0 Å². The zero-order valence-electron chi connectivity index (χ0n) is 16.7. The van der Waals surface area contributed by atoms with Crippen molar-refractivity contribution >= 4 is 0 Å². The maximum atomic E-state index is 10.7. The number of hydrogen-bond acceptors (Lipinski definition) is 4. The van der Waals surface area contributed by atoms with Crippen molar-refractivity contribution in [3.8, 4) is 5.75 Å². The predicted octanol–water partition coefficient (Wildman–Crippen LogP) is 3.07. The van der Waals surface area contributed by atoms with E-state index in [1.54, 1.807) is 12.7 Å². The highest BCUT2D eigenvalue weighted by Crippen LogP contribution is 2.46. The second kappa shape index (κ2) is 8.24. The Hall–Kier alpha value is -1.88. The fraction of sp³-hybridized carbons (Fsp3) is 0.500. The van der Waals surface area contributed by atoms with Crippen LogP contribution in [0.3, 0.4) is 0 Å². The number of ether oxygens (including phenoxy) is 1. The number of aryl methyl sites for hydroxylation is 1. The highest BCUT2D eigenvalue weighted by Gasteiger charge is 2.40. The molecule has 1 fully saturated rings. The molecule has 0 amide bonds.